The first-order valence-corrected chi connectivity index (χ1v) is 9.19. The Bertz CT molecular complexity index is 1070. The van der Waals surface area contributed by atoms with Crippen molar-refractivity contribution in [3.8, 4) is 11.4 Å². The Morgan fingerprint density at radius 3 is 2.61 bits per heavy atom. The highest BCUT2D eigenvalue weighted by molar-refractivity contribution is 6.32. The van der Waals surface area contributed by atoms with Crippen LogP contribution in [0, 0.1) is 0 Å². The number of carbonyl (C=O) groups excluding carboxylic acids is 1. The number of hydrogen-bond donors (Lipinski definition) is 0. The molecular weight excluding hydrogens is 403 g/mol. The number of halogens is 2. The van der Waals surface area contributed by atoms with E-state index >= 15 is 0 Å². The Balaban J connectivity index is 2.01. The molecule has 0 radical (unpaired) electrons. The van der Waals surface area contributed by atoms with Crippen molar-refractivity contribution in [3.05, 3.63) is 86.3 Å². The summed E-state index contributed by atoms with van der Waals surface area (Å²) in [5.41, 5.74) is 0.504. The fraction of sp³-hybridized carbons (Fsp3) is 0.150. The van der Waals surface area contributed by atoms with Crippen molar-refractivity contribution in [1.29, 1.82) is 0 Å². The van der Waals surface area contributed by atoms with Gasteiger partial charge in [-0.05, 0) is 36.8 Å². The molecule has 6 nitrogen and oxygen atoms in total. The van der Waals surface area contributed by atoms with E-state index in [0.717, 1.165) is 10.2 Å². The van der Waals surface area contributed by atoms with Crippen molar-refractivity contribution in [3.63, 3.8) is 0 Å². The van der Waals surface area contributed by atoms with E-state index in [0.29, 0.717) is 15.7 Å². The van der Waals surface area contributed by atoms with Crippen LogP contribution in [0.15, 0.2) is 59.4 Å². The van der Waals surface area contributed by atoms with Crippen LogP contribution >= 0.6 is 23.2 Å². The van der Waals surface area contributed by atoms with Crippen molar-refractivity contribution in [2.75, 3.05) is 6.61 Å². The first-order valence-electron chi connectivity index (χ1n) is 8.43. The molecule has 0 atom stereocenters. The monoisotopic (exact) mass is 418 g/mol. The fourth-order valence-corrected chi connectivity index (χ4v) is 2.90. The van der Waals surface area contributed by atoms with Crippen LogP contribution < -0.4 is 10.3 Å². The number of para-hydroxylation sites is 1. The van der Waals surface area contributed by atoms with Crippen LogP contribution in [0.5, 0.6) is 5.75 Å². The summed E-state index contributed by atoms with van der Waals surface area (Å²) in [7, 11) is 0. The lowest BCUT2D eigenvalue weighted by Gasteiger charge is -2.13. The molecular formula is C20H16Cl2N2O4. The van der Waals surface area contributed by atoms with Crippen LogP contribution in [0.3, 0.4) is 0 Å². The van der Waals surface area contributed by atoms with Crippen LogP contribution in [0.1, 0.15) is 23.0 Å². The van der Waals surface area contributed by atoms with E-state index in [2.05, 4.69) is 5.10 Å². The molecule has 2 aromatic carbocycles. The number of rotatable bonds is 6. The molecule has 0 N–H and O–H groups in total. The summed E-state index contributed by atoms with van der Waals surface area (Å²) in [6.45, 7) is 1.93. The minimum atomic E-state index is -0.704. The Hall–Kier alpha value is -2.83. The molecule has 144 valence electrons. The molecule has 28 heavy (non-hydrogen) atoms. The minimum absolute atomic E-state index is 0.0201. The number of carbonyl (C=O) groups is 1. The Labute approximate surface area is 171 Å². The second-order valence-electron chi connectivity index (χ2n) is 5.70. The van der Waals surface area contributed by atoms with Gasteiger partial charge < -0.3 is 9.47 Å². The number of aromatic nitrogens is 2. The average molecular weight is 419 g/mol. The second-order valence-corrected chi connectivity index (χ2v) is 6.54. The standard InChI is InChI=1S/C20H16Cl2N2O4/c1-2-27-20(26)19-17(28-12-13-6-5-7-14(21)10-13)11-18(25)24(23-19)16-9-4-3-8-15(16)22/h3-11H,2,12H2,1H3. The van der Waals surface area contributed by atoms with Gasteiger partial charge in [0.05, 0.1) is 23.4 Å². The van der Waals surface area contributed by atoms with E-state index in [1.165, 1.54) is 6.07 Å². The van der Waals surface area contributed by atoms with Crippen molar-refractivity contribution in [2.45, 2.75) is 13.5 Å². The van der Waals surface area contributed by atoms with Crippen molar-refractivity contribution in [2.24, 2.45) is 0 Å². The molecule has 0 saturated carbocycles. The molecule has 0 spiro atoms. The van der Waals surface area contributed by atoms with Gasteiger partial charge in [-0.15, -0.1) is 0 Å². The zero-order valence-corrected chi connectivity index (χ0v) is 16.4. The van der Waals surface area contributed by atoms with Crippen LogP contribution in [0.4, 0.5) is 0 Å². The van der Waals surface area contributed by atoms with Crippen molar-refractivity contribution < 1.29 is 14.3 Å². The summed E-state index contributed by atoms with van der Waals surface area (Å²) in [5.74, 6) is -0.684. The van der Waals surface area contributed by atoms with Gasteiger partial charge in [-0.1, -0.05) is 47.5 Å². The van der Waals surface area contributed by atoms with Gasteiger partial charge in [0.25, 0.3) is 5.56 Å². The van der Waals surface area contributed by atoms with E-state index in [4.69, 9.17) is 32.7 Å². The quantitative estimate of drug-likeness (QED) is 0.558. The summed E-state index contributed by atoms with van der Waals surface area (Å²) in [6, 6.07) is 14.9. The molecule has 1 heterocycles. The topological polar surface area (TPSA) is 70.4 Å². The van der Waals surface area contributed by atoms with E-state index in [-0.39, 0.29) is 24.7 Å². The average Bonchev–Trinajstić information content (AvgIpc) is 2.67. The zero-order chi connectivity index (χ0) is 20.1. The second kappa shape index (κ2) is 8.91. The summed E-state index contributed by atoms with van der Waals surface area (Å²) < 4.78 is 11.8. The molecule has 0 aliphatic heterocycles. The van der Waals surface area contributed by atoms with E-state index < -0.39 is 11.5 Å². The number of benzene rings is 2. The third-order valence-electron chi connectivity index (χ3n) is 3.73. The van der Waals surface area contributed by atoms with Crippen molar-refractivity contribution in [1.82, 2.24) is 9.78 Å². The molecule has 3 rings (SSSR count). The highest BCUT2D eigenvalue weighted by atomic mass is 35.5. The minimum Gasteiger partial charge on any atom is -0.486 e. The number of nitrogens with zero attached hydrogens (tertiary/aromatic N) is 2. The normalized spacial score (nSPS) is 10.5. The molecule has 0 saturated heterocycles. The van der Waals surface area contributed by atoms with Crippen molar-refractivity contribution >= 4 is 29.2 Å². The van der Waals surface area contributed by atoms with Gasteiger partial charge >= 0.3 is 5.97 Å². The first kappa shape index (κ1) is 19.9. The van der Waals surface area contributed by atoms with Crippen LogP contribution in [-0.4, -0.2) is 22.4 Å². The summed E-state index contributed by atoms with van der Waals surface area (Å²) in [5, 5.41) is 5.02. The zero-order valence-electron chi connectivity index (χ0n) is 14.9. The highest BCUT2D eigenvalue weighted by Gasteiger charge is 2.20. The van der Waals surface area contributed by atoms with Gasteiger partial charge in [-0.3, -0.25) is 4.79 Å². The molecule has 0 aliphatic carbocycles. The van der Waals surface area contributed by atoms with Crippen LogP contribution in [0.2, 0.25) is 10.0 Å². The van der Waals surface area contributed by atoms with Gasteiger partial charge in [0.1, 0.15) is 6.61 Å². The molecule has 0 fully saturated rings. The Morgan fingerprint density at radius 2 is 1.89 bits per heavy atom. The molecule has 0 amide bonds. The molecule has 0 bridgehead atoms. The maximum absolute atomic E-state index is 12.6. The molecule has 3 aromatic rings. The third kappa shape index (κ3) is 4.52. The van der Waals surface area contributed by atoms with Gasteiger partial charge in [0.15, 0.2) is 5.75 Å². The van der Waals surface area contributed by atoms with Gasteiger partial charge in [0.2, 0.25) is 5.69 Å². The lowest BCUT2D eigenvalue weighted by Crippen LogP contribution is -2.25. The van der Waals surface area contributed by atoms with E-state index in [1.54, 1.807) is 49.4 Å². The summed E-state index contributed by atoms with van der Waals surface area (Å²) in [4.78, 5) is 25.0. The van der Waals surface area contributed by atoms with Gasteiger partial charge in [-0.25, -0.2) is 4.79 Å². The fourth-order valence-electron chi connectivity index (χ4n) is 2.48. The smallest absolute Gasteiger partial charge is 0.362 e. The lowest BCUT2D eigenvalue weighted by molar-refractivity contribution is 0.0511. The van der Waals surface area contributed by atoms with Crippen LogP contribution in [-0.2, 0) is 11.3 Å². The molecule has 1 aromatic heterocycles. The number of ether oxygens (including phenoxy) is 2. The van der Waals surface area contributed by atoms with Gasteiger partial charge in [0, 0.05) is 5.02 Å². The molecule has 0 unspecified atom stereocenters. The number of hydrogen-bond acceptors (Lipinski definition) is 5. The number of esters is 1. The lowest BCUT2D eigenvalue weighted by atomic mass is 10.2. The summed E-state index contributed by atoms with van der Waals surface area (Å²) >= 11 is 12.1. The maximum atomic E-state index is 12.6. The first-order chi connectivity index (χ1) is 13.5. The third-order valence-corrected chi connectivity index (χ3v) is 4.28. The van der Waals surface area contributed by atoms with E-state index in [1.807, 2.05) is 6.07 Å². The predicted octanol–water partition coefficient (Wildman–Crippen LogP) is 4.30. The maximum Gasteiger partial charge on any atom is 0.362 e. The van der Waals surface area contributed by atoms with Crippen LogP contribution in [0.25, 0.3) is 5.69 Å². The SMILES string of the molecule is CCOC(=O)c1nn(-c2ccccc2Cl)c(=O)cc1OCc1cccc(Cl)c1. The largest absolute Gasteiger partial charge is 0.486 e. The van der Waals surface area contributed by atoms with Gasteiger partial charge in [-0.2, -0.15) is 9.78 Å². The predicted molar refractivity (Wildman–Crippen MR) is 107 cm³/mol. The molecule has 0 aliphatic rings. The Kier molecular flexibility index (Phi) is 6.34. The Morgan fingerprint density at radius 1 is 1.11 bits per heavy atom. The highest BCUT2D eigenvalue weighted by Crippen LogP contribution is 2.21. The summed E-state index contributed by atoms with van der Waals surface area (Å²) in [6.07, 6.45) is 0. The molecule has 8 heteroatoms. The van der Waals surface area contributed by atoms with E-state index in [9.17, 15) is 9.59 Å².